The van der Waals surface area contributed by atoms with Crippen LogP contribution in [-0.4, -0.2) is 21.8 Å². The number of carbonyl (C=O) groups excluding carboxylic acids is 2. The Morgan fingerprint density at radius 3 is 0.926 bits per heavy atom. The van der Waals surface area contributed by atoms with E-state index >= 15 is 0 Å². The van der Waals surface area contributed by atoms with E-state index in [1.54, 1.807) is 0 Å². The molecule has 266 valence electrons. The van der Waals surface area contributed by atoms with Crippen molar-refractivity contribution in [3.63, 3.8) is 0 Å². The first-order valence-electron chi connectivity index (χ1n) is 17.6. The lowest BCUT2D eigenvalue weighted by Gasteiger charge is -2.23. The van der Waals surface area contributed by atoms with Crippen molar-refractivity contribution < 1.29 is 19.8 Å². The quantitative estimate of drug-likeness (QED) is 0.141. The lowest BCUT2D eigenvalue weighted by atomic mass is 9.86. The third-order valence-electron chi connectivity index (χ3n) is 8.40. The van der Waals surface area contributed by atoms with Gasteiger partial charge in [-0.2, -0.15) is 0 Å². The fourth-order valence-electron chi connectivity index (χ4n) is 5.92. The molecule has 0 radical (unpaired) electrons. The molecule has 54 heavy (non-hydrogen) atoms. The Morgan fingerprint density at radius 2 is 0.667 bits per heavy atom. The maximum absolute atomic E-state index is 12.0. The lowest BCUT2D eigenvalue weighted by Crippen LogP contribution is -2.25. The van der Waals surface area contributed by atoms with E-state index in [9.17, 15) is 19.8 Å². The summed E-state index contributed by atoms with van der Waals surface area (Å²) in [6.07, 6.45) is 0. The van der Waals surface area contributed by atoms with Crippen LogP contribution in [0.4, 0.5) is 0 Å². The van der Waals surface area contributed by atoms with E-state index in [-0.39, 0.29) is 11.6 Å². The molecule has 0 aromatic heterocycles. The van der Waals surface area contributed by atoms with Crippen molar-refractivity contribution in [1.29, 1.82) is 0 Å². The third-order valence-corrected chi connectivity index (χ3v) is 8.40. The Hall–Kier alpha value is -6.56. The van der Waals surface area contributed by atoms with Crippen molar-refractivity contribution in [3.05, 3.63) is 203 Å². The molecule has 0 aliphatic carbocycles. The number of Topliss-reactive ketones (excluding diaryl/α,β-unsaturated/α-hetero) is 2. The SMILES string of the molecule is CC(C)=O.CC(C)=O.OC(C#Cc1cccc2cc3c(C#CC(O)(c4ccccc4)c4ccccc4)cccc3cc12)(c1ccccc1)c1ccccc1. The molecular formula is C50H42O4. The number of carbonyl (C=O) groups is 2. The molecule has 0 saturated heterocycles. The Morgan fingerprint density at radius 1 is 0.407 bits per heavy atom. The predicted octanol–water partition coefficient (Wildman–Crippen LogP) is 9.76. The van der Waals surface area contributed by atoms with Gasteiger partial charge in [0.15, 0.2) is 11.2 Å². The summed E-state index contributed by atoms with van der Waals surface area (Å²) in [7, 11) is 0. The van der Waals surface area contributed by atoms with Gasteiger partial charge in [-0.1, -0.05) is 169 Å². The molecular weight excluding hydrogens is 665 g/mol. The van der Waals surface area contributed by atoms with Gasteiger partial charge in [-0.3, -0.25) is 0 Å². The Balaban J connectivity index is 0.000000640. The first-order valence-corrected chi connectivity index (χ1v) is 17.6. The number of benzene rings is 7. The topological polar surface area (TPSA) is 74.6 Å². The smallest absolute Gasteiger partial charge is 0.177 e. The lowest BCUT2D eigenvalue weighted by molar-refractivity contribution is -0.115. The van der Waals surface area contributed by atoms with Crippen molar-refractivity contribution >= 4 is 33.1 Å². The molecule has 2 N–H and O–H groups in total. The summed E-state index contributed by atoms with van der Waals surface area (Å²) in [5.74, 6) is 13.4. The number of rotatable bonds is 4. The second-order valence-electron chi connectivity index (χ2n) is 13.1. The molecule has 0 bridgehead atoms. The third kappa shape index (κ3) is 9.45. The van der Waals surface area contributed by atoms with Crippen molar-refractivity contribution in [3.8, 4) is 23.7 Å². The molecule has 0 amide bonds. The summed E-state index contributed by atoms with van der Waals surface area (Å²) < 4.78 is 0. The van der Waals surface area contributed by atoms with Crippen LogP contribution < -0.4 is 0 Å². The van der Waals surface area contributed by atoms with Crippen LogP contribution in [0.25, 0.3) is 21.5 Å². The number of hydrogen-bond donors (Lipinski definition) is 2. The zero-order valence-corrected chi connectivity index (χ0v) is 30.9. The molecule has 0 atom stereocenters. The van der Waals surface area contributed by atoms with Gasteiger partial charge in [-0.25, -0.2) is 0 Å². The van der Waals surface area contributed by atoms with Crippen LogP contribution in [0.1, 0.15) is 61.1 Å². The second-order valence-corrected chi connectivity index (χ2v) is 13.1. The van der Waals surface area contributed by atoms with E-state index in [1.165, 1.54) is 27.7 Å². The van der Waals surface area contributed by atoms with Gasteiger partial charge in [0.25, 0.3) is 0 Å². The first kappa shape index (κ1) is 38.7. The minimum atomic E-state index is -1.47. The first-order chi connectivity index (χ1) is 26.0. The highest BCUT2D eigenvalue weighted by atomic mass is 16.3. The number of fused-ring (bicyclic) bond motifs is 2. The molecule has 7 aromatic carbocycles. The summed E-state index contributed by atoms with van der Waals surface area (Å²) in [4.78, 5) is 18.9. The summed E-state index contributed by atoms with van der Waals surface area (Å²) in [5, 5.41) is 27.9. The molecule has 7 rings (SSSR count). The predicted molar refractivity (Wildman–Crippen MR) is 220 cm³/mol. The van der Waals surface area contributed by atoms with Crippen LogP contribution in [0, 0.1) is 23.7 Å². The Bertz CT molecular complexity index is 2220. The average Bonchev–Trinajstić information content (AvgIpc) is 3.19. The summed E-state index contributed by atoms with van der Waals surface area (Å²) >= 11 is 0. The monoisotopic (exact) mass is 706 g/mol. The number of ketones is 2. The number of aliphatic hydroxyl groups is 2. The van der Waals surface area contributed by atoms with Crippen molar-refractivity contribution in [1.82, 2.24) is 0 Å². The minimum absolute atomic E-state index is 0.167. The molecule has 0 heterocycles. The Kier molecular flexibility index (Phi) is 12.7. The van der Waals surface area contributed by atoms with Crippen LogP contribution in [-0.2, 0) is 20.8 Å². The molecule has 7 aromatic rings. The minimum Gasteiger partial charge on any atom is -0.369 e. The van der Waals surface area contributed by atoms with Crippen LogP contribution in [0.15, 0.2) is 170 Å². The fraction of sp³-hybridized carbons (Fsp3) is 0.120. The highest BCUT2D eigenvalue weighted by Gasteiger charge is 2.30. The van der Waals surface area contributed by atoms with Gasteiger partial charge in [0.1, 0.15) is 11.6 Å². The molecule has 4 nitrogen and oxygen atoms in total. The van der Waals surface area contributed by atoms with Gasteiger partial charge in [0, 0.05) is 33.4 Å². The van der Waals surface area contributed by atoms with Crippen LogP contribution in [0.2, 0.25) is 0 Å². The van der Waals surface area contributed by atoms with Crippen molar-refractivity contribution in [2.75, 3.05) is 0 Å². The van der Waals surface area contributed by atoms with E-state index in [1.807, 2.05) is 146 Å². The standard InChI is InChI=1S/C44H30O2.2C3H6O/c45-43(37-19-5-1-6-20-37,38-21-7-2-8-22-38)29-27-33-15-13-17-35-32-42-34(16-14-18-36(42)31-41(33)35)28-30-44(46,39-23-9-3-10-24-39)40-25-11-4-12-26-40;2*1-3(2)4/h1-26,31-32,45-46H;2*1-2H3. The molecule has 0 fully saturated rings. The molecule has 0 aliphatic rings. The summed E-state index contributed by atoms with van der Waals surface area (Å²) in [6.45, 7) is 6.11. The van der Waals surface area contributed by atoms with Gasteiger partial charge in [0.2, 0.25) is 0 Å². The highest BCUT2D eigenvalue weighted by molar-refractivity contribution is 6.02. The van der Waals surface area contributed by atoms with E-state index in [0.29, 0.717) is 22.3 Å². The zero-order chi connectivity index (χ0) is 38.6. The van der Waals surface area contributed by atoms with Gasteiger partial charge in [0.05, 0.1) is 0 Å². The normalized spacial score (nSPS) is 10.6. The maximum atomic E-state index is 12.0. The highest BCUT2D eigenvalue weighted by Crippen LogP contribution is 2.32. The van der Waals surface area contributed by atoms with Gasteiger partial charge >= 0.3 is 0 Å². The van der Waals surface area contributed by atoms with E-state index in [0.717, 1.165) is 32.7 Å². The molecule has 0 saturated carbocycles. The summed E-state index contributed by atoms with van der Waals surface area (Å²) in [5.41, 5.74) is 1.56. The van der Waals surface area contributed by atoms with Gasteiger partial charge in [-0.15, -0.1) is 0 Å². The average molecular weight is 707 g/mol. The van der Waals surface area contributed by atoms with Gasteiger partial charge in [-0.05, 0) is 73.5 Å². The Labute approximate surface area is 317 Å². The zero-order valence-electron chi connectivity index (χ0n) is 30.9. The molecule has 0 spiro atoms. The van der Waals surface area contributed by atoms with Gasteiger partial charge < -0.3 is 19.8 Å². The maximum Gasteiger partial charge on any atom is 0.177 e. The van der Waals surface area contributed by atoms with E-state index in [4.69, 9.17) is 0 Å². The second kappa shape index (κ2) is 17.8. The van der Waals surface area contributed by atoms with Crippen LogP contribution >= 0.6 is 0 Å². The van der Waals surface area contributed by atoms with E-state index in [2.05, 4.69) is 47.9 Å². The largest absolute Gasteiger partial charge is 0.369 e. The number of hydrogen-bond acceptors (Lipinski definition) is 4. The van der Waals surface area contributed by atoms with Crippen LogP contribution in [0.5, 0.6) is 0 Å². The summed E-state index contributed by atoms with van der Waals surface area (Å²) in [6, 6.07) is 54.6. The van der Waals surface area contributed by atoms with E-state index < -0.39 is 11.2 Å². The molecule has 4 heteroatoms. The molecule has 0 unspecified atom stereocenters. The van der Waals surface area contributed by atoms with Crippen molar-refractivity contribution in [2.24, 2.45) is 0 Å². The van der Waals surface area contributed by atoms with Crippen LogP contribution in [0.3, 0.4) is 0 Å². The fourth-order valence-corrected chi connectivity index (χ4v) is 5.92. The molecule has 0 aliphatic heterocycles. The van der Waals surface area contributed by atoms with Crippen molar-refractivity contribution in [2.45, 2.75) is 38.9 Å².